The van der Waals surface area contributed by atoms with Gasteiger partial charge in [0, 0.05) is 13.6 Å². The summed E-state index contributed by atoms with van der Waals surface area (Å²) in [7, 11) is 3.45. The number of para-hydroxylation sites is 2. The number of methoxy groups -OCH3 is 1. The van der Waals surface area contributed by atoms with E-state index in [9.17, 15) is 0 Å². The SMILES string of the molecule is CN=C(NCCOc1ccccc1)NCCc1ccccc1OC.I. The van der Waals surface area contributed by atoms with Gasteiger partial charge < -0.3 is 20.1 Å². The molecule has 0 amide bonds. The molecule has 0 fully saturated rings. The minimum atomic E-state index is 0. The molecule has 2 rings (SSSR count). The number of ether oxygens (including phenoxy) is 2. The summed E-state index contributed by atoms with van der Waals surface area (Å²) >= 11 is 0. The highest BCUT2D eigenvalue weighted by Gasteiger charge is 2.02. The summed E-state index contributed by atoms with van der Waals surface area (Å²) in [4.78, 5) is 4.21. The Kier molecular flexibility index (Phi) is 10.5. The van der Waals surface area contributed by atoms with Crippen LogP contribution in [0.2, 0.25) is 0 Å². The fourth-order valence-electron chi connectivity index (χ4n) is 2.30. The largest absolute Gasteiger partial charge is 0.496 e. The van der Waals surface area contributed by atoms with Crippen molar-refractivity contribution in [1.29, 1.82) is 0 Å². The van der Waals surface area contributed by atoms with E-state index in [2.05, 4.69) is 21.7 Å². The maximum atomic E-state index is 5.64. The first-order valence-corrected chi connectivity index (χ1v) is 8.07. The molecule has 0 aliphatic rings. The van der Waals surface area contributed by atoms with Crippen molar-refractivity contribution in [3.8, 4) is 11.5 Å². The van der Waals surface area contributed by atoms with Gasteiger partial charge in [-0.3, -0.25) is 4.99 Å². The van der Waals surface area contributed by atoms with Crippen molar-refractivity contribution in [3.05, 3.63) is 60.2 Å². The Labute approximate surface area is 166 Å². The van der Waals surface area contributed by atoms with Gasteiger partial charge in [-0.2, -0.15) is 0 Å². The molecule has 2 N–H and O–H groups in total. The number of rotatable bonds is 8. The first-order chi connectivity index (χ1) is 11.8. The fraction of sp³-hybridized carbons (Fsp3) is 0.316. The van der Waals surface area contributed by atoms with Crippen molar-refractivity contribution >= 4 is 29.9 Å². The van der Waals surface area contributed by atoms with E-state index in [1.807, 2.05) is 48.5 Å². The van der Waals surface area contributed by atoms with Gasteiger partial charge in [-0.25, -0.2) is 0 Å². The van der Waals surface area contributed by atoms with E-state index in [1.54, 1.807) is 14.2 Å². The zero-order valence-corrected chi connectivity index (χ0v) is 17.0. The van der Waals surface area contributed by atoms with Crippen LogP contribution in [0.5, 0.6) is 11.5 Å². The second kappa shape index (κ2) is 12.4. The van der Waals surface area contributed by atoms with Gasteiger partial charge in [0.2, 0.25) is 0 Å². The lowest BCUT2D eigenvalue weighted by Crippen LogP contribution is -2.40. The molecule has 6 heteroatoms. The van der Waals surface area contributed by atoms with Crippen molar-refractivity contribution in [2.24, 2.45) is 4.99 Å². The molecule has 0 saturated heterocycles. The number of benzene rings is 2. The Hall–Kier alpha value is -1.96. The summed E-state index contributed by atoms with van der Waals surface area (Å²) < 4.78 is 11.0. The Morgan fingerprint density at radius 2 is 1.64 bits per heavy atom. The number of nitrogens with zero attached hydrogens (tertiary/aromatic N) is 1. The second-order valence-corrected chi connectivity index (χ2v) is 5.15. The fourth-order valence-corrected chi connectivity index (χ4v) is 2.30. The van der Waals surface area contributed by atoms with Crippen LogP contribution in [0.4, 0.5) is 0 Å². The molecule has 25 heavy (non-hydrogen) atoms. The Balaban J connectivity index is 0.00000312. The molecule has 0 spiro atoms. The maximum absolute atomic E-state index is 5.64. The van der Waals surface area contributed by atoms with Crippen LogP contribution >= 0.6 is 24.0 Å². The second-order valence-electron chi connectivity index (χ2n) is 5.15. The zero-order valence-electron chi connectivity index (χ0n) is 14.7. The maximum Gasteiger partial charge on any atom is 0.191 e. The molecule has 136 valence electrons. The average Bonchev–Trinajstić information content (AvgIpc) is 2.65. The number of hydrogen-bond acceptors (Lipinski definition) is 3. The third-order valence-corrected chi connectivity index (χ3v) is 3.51. The summed E-state index contributed by atoms with van der Waals surface area (Å²) in [5.74, 6) is 2.55. The summed E-state index contributed by atoms with van der Waals surface area (Å²) in [5.41, 5.74) is 1.18. The van der Waals surface area contributed by atoms with Gasteiger partial charge >= 0.3 is 0 Å². The van der Waals surface area contributed by atoms with Gasteiger partial charge in [-0.1, -0.05) is 36.4 Å². The van der Waals surface area contributed by atoms with Gasteiger partial charge in [-0.15, -0.1) is 24.0 Å². The van der Waals surface area contributed by atoms with Crippen molar-refractivity contribution in [3.63, 3.8) is 0 Å². The van der Waals surface area contributed by atoms with E-state index in [1.165, 1.54) is 5.56 Å². The zero-order chi connectivity index (χ0) is 17.0. The number of guanidine groups is 1. The van der Waals surface area contributed by atoms with Gasteiger partial charge in [0.25, 0.3) is 0 Å². The smallest absolute Gasteiger partial charge is 0.191 e. The molecule has 0 aromatic heterocycles. The summed E-state index contributed by atoms with van der Waals surface area (Å²) in [5, 5.41) is 6.53. The van der Waals surface area contributed by atoms with E-state index in [4.69, 9.17) is 9.47 Å². The summed E-state index contributed by atoms with van der Waals surface area (Å²) in [6, 6.07) is 17.8. The summed E-state index contributed by atoms with van der Waals surface area (Å²) in [6.45, 7) is 2.04. The van der Waals surface area contributed by atoms with E-state index >= 15 is 0 Å². The molecular weight excluding hydrogens is 429 g/mol. The average molecular weight is 455 g/mol. The van der Waals surface area contributed by atoms with E-state index in [-0.39, 0.29) is 24.0 Å². The number of nitrogens with one attached hydrogen (secondary N) is 2. The minimum Gasteiger partial charge on any atom is -0.496 e. The lowest BCUT2D eigenvalue weighted by atomic mass is 10.1. The van der Waals surface area contributed by atoms with Crippen LogP contribution in [0.25, 0.3) is 0 Å². The molecule has 0 radical (unpaired) electrons. The van der Waals surface area contributed by atoms with Crippen LogP contribution in [0, 0.1) is 0 Å². The Morgan fingerprint density at radius 3 is 2.36 bits per heavy atom. The molecule has 0 aliphatic heterocycles. The molecule has 0 heterocycles. The molecule has 2 aromatic carbocycles. The van der Waals surface area contributed by atoms with Gasteiger partial charge in [0.1, 0.15) is 18.1 Å². The van der Waals surface area contributed by atoms with Crippen molar-refractivity contribution in [1.82, 2.24) is 10.6 Å². The monoisotopic (exact) mass is 455 g/mol. The molecule has 0 aliphatic carbocycles. The van der Waals surface area contributed by atoms with Gasteiger partial charge in [0.15, 0.2) is 5.96 Å². The Morgan fingerprint density at radius 1 is 0.960 bits per heavy atom. The van der Waals surface area contributed by atoms with Crippen LogP contribution in [0.15, 0.2) is 59.6 Å². The molecular formula is C19H26IN3O2. The normalized spacial score (nSPS) is 10.6. The lowest BCUT2D eigenvalue weighted by Gasteiger charge is -2.13. The molecule has 0 saturated carbocycles. The van der Waals surface area contributed by atoms with Crippen LogP contribution in [-0.2, 0) is 6.42 Å². The van der Waals surface area contributed by atoms with Crippen LogP contribution in [0.3, 0.4) is 0 Å². The summed E-state index contributed by atoms with van der Waals surface area (Å²) in [6.07, 6.45) is 0.866. The highest BCUT2D eigenvalue weighted by atomic mass is 127. The molecule has 0 bridgehead atoms. The first kappa shape index (κ1) is 21.1. The molecule has 2 aromatic rings. The minimum absolute atomic E-state index is 0. The van der Waals surface area contributed by atoms with Crippen LogP contribution in [-0.4, -0.2) is 39.8 Å². The Bertz CT molecular complexity index is 636. The highest BCUT2D eigenvalue weighted by Crippen LogP contribution is 2.17. The van der Waals surface area contributed by atoms with Gasteiger partial charge in [0.05, 0.1) is 13.7 Å². The third-order valence-electron chi connectivity index (χ3n) is 3.51. The standard InChI is InChI=1S/C19H25N3O2.HI/c1-20-19(22-14-15-24-17-9-4-3-5-10-17)21-13-12-16-8-6-7-11-18(16)23-2;/h3-11H,12-15H2,1-2H3,(H2,20,21,22);1H. The molecule has 5 nitrogen and oxygen atoms in total. The highest BCUT2D eigenvalue weighted by molar-refractivity contribution is 14.0. The van der Waals surface area contributed by atoms with E-state index < -0.39 is 0 Å². The van der Waals surface area contributed by atoms with Crippen LogP contribution in [0.1, 0.15) is 5.56 Å². The van der Waals surface area contributed by atoms with E-state index in [0.29, 0.717) is 13.2 Å². The number of halogens is 1. The van der Waals surface area contributed by atoms with E-state index in [0.717, 1.165) is 30.4 Å². The molecule has 0 atom stereocenters. The quantitative estimate of drug-likeness (QED) is 0.278. The van der Waals surface area contributed by atoms with Crippen LogP contribution < -0.4 is 20.1 Å². The lowest BCUT2D eigenvalue weighted by molar-refractivity contribution is 0.322. The first-order valence-electron chi connectivity index (χ1n) is 8.07. The van der Waals surface area contributed by atoms with Crippen molar-refractivity contribution in [2.45, 2.75) is 6.42 Å². The molecule has 0 unspecified atom stereocenters. The predicted molar refractivity (Wildman–Crippen MR) is 113 cm³/mol. The van der Waals surface area contributed by atoms with Gasteiger partial charge in [-0.05, 0) is 30.2 Å². The van der Waals surface area contributed by atoms with Crippen molar-refractivity contribution in [2.75, 3.05) is 33.9 Å². The third kappa shape index (κ3) is 7.64. The predicted octanol–water partition coefficient (Wildman–Crippen LogP) is 3.10. The number of hydrogen-bond donors (Lipinski definition) is 2. The topological polar surface area (TPSA) is 54.9 Å². The van der Waals surface area contributed by atoms with Crippen molar-refractivity contribution < 1.29 is 9.47 Å². The number of aliphatic imine (C=N–C) groups is 1.